The molecule has 0 radical (unpaired) electrons. The zero-order valence-corrected chi connectivity index (χ0v) is 13.0. The molecule has 0 aromatic rings. The molecular formula is C18H33N. The molecule has 0 aromatic heterocycles. The van der Waals surface area contributed by atoms with Gasteiger partial charge in [0.2, 0.25) is 0 Å². The molecule has 0 heterocycles. The highest BCUT2D eigenvalue weighted by molar-refractivity contribution is 4.98. The van der Waals surface area contributed by atoms with Crippen molar-refractivity contribution in [2.45, 2.75) is 77.7 Å². The molecule has 3 saturated carbocycles. The van der Waals surface area contributed by atoms with Crippen LogP contribution >= 0.6 is 0 Å². The van der Waals surface area contributed by atoms with Crippen LogP contribution in [0.15, 0.2) is 0 Å². The summed E-state index contributed by atoms with van der Waals surface area (Å²) in [5, 5.41) is 3.91. The van der Waals surface area contributed by atoms with Crippen LogP contribution in [0.5, 0.6) is 0 Å². The summed E-state index contributed by atoms with van der Waals surface area (Å²) in [7, 11) is 0. The molecule has 19 heavy (non-hydrogen) atoms. The van der Waals surface area contributed by atoms with Gasteiger partial charge in [0.15, 0.2) is 0 Å². The van der Waals surface area contributed by atoms with E-state index >= 15 is 0 Å². The van der Waals surface area contributed by atoms with Crippen molar-refractivity contribution in [3.8, 4) is 0 Å². The summed E-state index contributed by atoms with van der Waals surface area (Å²) >= 11 is 0. The molecule has 0 saturated heterocycles. The Labute approximate surface area is 119 Å². The molecule has 3 aliphatic rings. The fourth-order valence-corrected chi connectivity index (χ4v) is 5.59. The summed E-state index contributed by atoms with van der Waals surface area (Å²) in [5.41, 5.74) is 0. The fraction of sp³-hybridized carbons (Fsp3) is 1.00. The number of rotatable bonds is 5. The summed E-state index contributed by atoms with van der Waals surface area (Å²) in [6.45, 7) is 5.85. The standard InChI is InChI=1S/C18H33N/c1-3-13-5-8-15(9-6-13)18(19-4-2)17-12-14-7-10-16(17)11-14/h13-19H,3-12H2,1-2H3. The summed E-state index contributed by atoms with van der Waals surface area (Å²) in [4.78, 5) is 0. The Hall–Kier alpha value is -0.0400. The second-order valence-corrected chi connectivity index (χ2v) is 7.61. The highest BCUT2D eigenvalue weighted by atomic mass is 14.9. The van der Waals surface area contributed by atoms with E-state index in [1.165, 1.54) is 38.6 Å². The molecule has 1 nitrogen and oxygen atoms in total. The van der Waals surface area contributed by atoms with Crippen LogP contribution in [0.4, 0.5) is 0 Å². The molecule has 0 aliphatic heterocycles. The zero-order chi connectivity index (χ0) is 13.2. The molecule has 2 bridgehead atoms. The first-order chi connectivity index (χ1) is 9.31. The first-order valence-corrected chi connectivity index (χ1v) is 9.05. The van der Waals surface area contributed by atoms with Crippen LogP contribution in [0.1, 0.15) is 71.6 Å². The molecule has 3 rings (SSSR count). The predicted octanol–water partition coefficient (Wildman–Crippen LogP) is 4.62. The van der Waals surface area contributed by atoms with E-state index < -0.39 is 0 Å². The molecule has 1 heteroatoms. The molecule has 0 aromatic carbocycles. The van der Waals surface area contributed by atoms with Crippen LogP contribution in [0.3, 0.4) is 0 Å². The average molecular weight is 263 g/mol. The summed E-state index contributed by atoms with van der Waals surface area (Å²) < 4.78 is 0. The van der Waals surface area contributed by atoms with Gasteiger partial charge in [0.25, 0.3) is 0 Å². The highest BCUT2D eigenvalue weighted by Crippen LogP contribution is 2.51. The van der Waals surface area contributed by atoms with Crippen molar-refractivity contribution in [1.29, 1.82) is 0 Å². The second kappa shape index (κ2) is 6.16. The average Bonchev–Trinajstić information content (AvgIpc) is 3.07. The van der Waals surface area contributed by atoms with Gasteiger partial charge in [-0.2, -0.15) is 0 Å². The molecule has 0 spiro atoms. The van der Waals surface area contributed by atoms with Crippen LogP contribution in [-0.4, -0.2) is 12.6 Å². The second-order valence-electron chi connectivity index (χ2n) is 7.61. The van der Waals surface area contributed by atoms with Gasteiger partial charge in [0.05, 0.1) is 0 Å². The zero-order valence-electron chi connectivity index (χ0n) is 13.0. The van der Waals surface area contributed by atoms with Crippen molar-refractivity contribution < 1.29 is 0 Å². The van der Waals surface area contributed by atoms with E-state index in [4.69, 9.17) is 0 Å². The Bertz CT molecular complexity index is 279. The normalized spacial score (nSPS) is 43.6. The summed E-state index contributed by atoms with van der Waals surface area (Å²) in [6.07, 6.45) is 13.6. The highest BCUT2D eigenvalue weighted by Gasteiger charge is 2.45. The van der Waals surface area contributed by atoms with Gasteiger partial charge in [-0.25, -0.2) is 0 Å². The maximum Gasteiger partial charge on any atom is 0.0126 e. The van der Waals surface area contributed by atoms with E-state index in [1.54, 1.807) is 25.7 Å². The lowest BCUT2D eigenvalue weighted by Crippen LogP contribution is -2.45. The lowest BCUT2D eigenvalue weighted by Gasteiger charge is -2.40. The monoisotopic (exact) mass is 263 g/mol. The third-order valence-electron chi connectivity index (χ3n) is 6.67. The minimum absolute atomic E-state index is 0.859. The van der Waals surface area contributed by atoms with Gasteiger partial charge < -0.3 is 5.32 Å². The Morgan fingerprint density at radius 2 is 1.74 bits per heavy atom. The van der Waals surface area contributed by atoms with Crippen molar-refractivity contribution >= 4 is 0 Å². The quantitative estimate of drug-likeness (QED) is 0.763. The summed E-state index contributed by atoms with van der Waals surface area (Å²) in [5.74, 6) is 5.24. The van der Waals surface area contributed by atoms with Crippen molar-refractivity contribution in [1.82, 2.24) is 5.32 Å². The first-order valence-electron chi connectivity index (χ1n) is 9.05. The minimum Gasteiger partial charge on any atom is -0.314 e. The number of nitrogens with one attached hydrogen (secondary N) is 1. The molecule has 3 fully saturated rings. The Morgan fingerprint density at radius 1 is 0.947 bits per heavy atom. The van der Waals surface area contributed by atoms with Gasteiger partial charge >= 0.3 is 0 Å². The van der Waals surface area contributed by atoms with Crippen molar-refractivity contribution in [2.24, 2.45) is 29.6 Å². The van der Waals surface area contributed by atoms with Gasteiger partial charge in [0.1, 0.15) is 0 Å². The van der Waals surface area contributed by atoms with Crippen molar-refractivity contribution in [2.75, 3.05) is 6.54 Å². The molecule has 4 atom stereocenters. The van der Waals surface area contributed by atoms with Crippen LogP contribution in [0, 0.1) is 29.6 Å². The van der Waals surface area contributed by atoms with E-state index in [1.807, 2.05) is 0 Å². The lowest BCUT2D eigenvalue weighted by atomic mass is 9.71. The first kappa shape index (κ1) is 13.9. The maximum absolute atomic E-state index is 3.91. The van der Waals surface area contributed by atoms with E-state index in [9.17, 15) is 0 Å². The van der Waals surface area contributed by atoms with E-state index in [-0.39, 0.29) is 0 Å². The van der Waals surface area contributed by atoms with Gasteiger partial charge in [-0.1, -0.05) is 39.5 Å². The molecular weight excluding hydrogens is 230 g/mol. The van der Waals surface area contributed by atoms with Crippen LogP contribution in [-0.2, 0) is 0 Å². The van der Waals surface area contributed by atoms with Gasteiger partial charge in [-0.3, -0.25) is 0 Å². The van der Waals surface area contributed by atoms with E-state index in [0.717, 1.165) is 35.6 Å². The lowest BCUT2D eigenvalue weighted by molar-refractivity contribution is 0.143. The SMILES string of the molecule is CCNC(C1CCC(CC)CC1)C1CC2CCC1C2. The van der Waals surface area contributed by atoms with Gasteiger partial charge in [0, 0.05) is 6.04 Å². The third-order valence-corrected chi connectivity index (χ3v) is 6.67. The Morgan fingerprint density at radius 3 is 2.26 bits per heavy atom. The van der Waals surface area contributed by atoms with Gasteiger partial charge in [-0.15, -0.1) is 0 Å². The van der Waals surface area contributed by atoms with Crippen molar-refractivity contribution in [3.05, 3.63) is 0 Å². The largest absolute Gasteiger partial charge is 0.314 e. The maximum atomic E-state index is 3.91. The smallest absolute Gasteiger partial charge is 0.0126 e. The van der Waals surface area contributed by atoms with Gasteiger partial charge in [-0.05, 0) is 68.2 Å². The number of hydrogen-bond donors (Lipinski definition) is 1. The van der Waals surface area contributed by atoms with Crippen LogP contribution < -0.4 is 5.32 Å². The molecule has 4 unspecified atom stereocenters. The Balaban J connectivity index is 1.61. The Kier molecular flexibility index (Phi) is 4.51. The predicted molar refractivity (Wildman–Crippen MR) is 82.1 cm³/mol. The minimum atomic E-state index is 0.859. The summed E-state index contributed by atoms with van der Waals surface area (Å²) in [6, 6.07) is 0.859. The van der Waals surface area contributed by atoms with E-state index in [2.05, 4.69) is 19.2 Å². The molecule has 0 amide bonds. The number of fused-ring (bicyclic) bond motifs is 2. The topological polar surface area (TPSA) is 12.0 Å². The van der Waals surface area contributed by atoms with Crippen LogP contribution in [0.25, 0.3) is 0 Å². The fourth-order valence-electron chi connectivity index (χ4n) is 5.59. The molecule has 1 N–H and O–H groups in total. The molecule has 110 valence electrons. The number of hydrogen-bond acceptors (Lipinski definition) is 1. The van der Waals surface area contributed by atoms with Crippen molar-refractivity contribution in [3.63, 3.8) is 0 Å². The molecule has 3 aliphatic carbocycles. The third kappa shape index (κ3) is 2.86. The van der Waals surface area contributed by atoms with Crippen LogP contribution in [0.2, 0.25) is 0 Å². The van der Waals surface area contributed by atoms with E-state index in [0.29, 0.717) is 0 Å².